The van der Waals surface area contributed by atoms with E-state index in [1.807, 2.05) is 25.8 Å². The summed E-state index contributed by atoms with van der Waals surface area (Å²) in [7, 11) is 1.87. The first-order valence-electron chi connectivity index (χ1n) is 3.81. The van der Waals surface area contributed by atoms with Crippen LogP contribution in [0.25, 0.3) is 0 Å². The van der Waals surface area contributed by atoms with E-state index in [1.54, 1.807) is 0 Å². The summed E-state index contributed by atoms with van der Waals surface area (Å²) in [6.45, 7) is 4.04. The Labute approximate surface area is 86.9 Å². The first-order chi connectivity index (χ1) is 6.02. The van der Waals surface area contributed by atoms with Crippen LogP contribution >= 0.6 is 23.2 Å². The van der Waals surface area contributed by atoms with E-state index in [-0.39, 0.29) is 16.5 Å². The van der Waals surface area contributed by atoms with Gasteiger partial charge in [-0.15, -0.1) is 10.2 Å². The van der Waals surface area contributed by atoms with Gasteiger partial charge in [-0.3, -0.25) is 0 Å². The summed E-state index contributed by atoms with van der Waals surface area (Å²) in [5.41, 5.74) is 0. The van der Waals surface area contributed by atoms with Crippen molar-refractivity contribution in [3.8, 4) is 0 Å². The van der Waals surface area contributed by atoms with Gasteiger partial charge in [0.1, 0.15) is 0 Å². The first kappa shape index (κ1) is 10.5. The lowest BCUT2D eigenvalue weighted by Gasteiger charge is -2.22. The van der Waals surface area contributed by atoms with E-state index in [0.29, 0.717) is 5.82 Å². The SMILES string of the molecule is CC(C)N(C)c1nc(Cl)nnc1Cl. The van der Waals surface area contributed by atoms with E-state index in [2.05, 4.69) is 15.2 Å². The number of nitrogens with zero attached hydrogens (tertiary/aromatic N) is 4. The van der Waals surface area contributed by atoms with Crippen LogP contribution in [0, 0.1) is 0 Å². The van der Waals surface area contributed by atoms with Crippen LogP contribution in [-0.2, 0) is 0 Å². The van der Waals surface area contributed by atoms with Gasteiger partial charge in [-0.2, -0.15) is 4.98 Å². The summed E-state index contributed by atoms with van der Waals surface area (Å²) in [5, 5.41) is 7.56. The second kappa shape index (κ2) is 4.07. The van der Waals surface area contributed by atoms with E-state index >= 15 is 0 Å². The molecule has 0 radical (unpaired) electrons. The maximum Gasteiger partial charge on any atom is 0.245 e. The van der Waals surface area contributed by atoms with E-state index < -0.39 is 0 Å². The molecule has 0 unspecified atom stereocenters. The molecule has 0 bridgehead atoms. The molecule has 0 N–H and O–H groups in total. The number of hydrogen-bond acceptors (Lipinski definition) is 4. The topological polar surface area (TPSA) is 41.9 Å². The van der Waals surface area contributed by atoms with Gasteiger partial charge in [-0.05, 0) is 25.4 Å². The predicted molar refractivity (Wildman–Crippen MR) is 53.4 cm³/mol. The van der Waals surface area contributed by atoms with Gasteiger partial charge in [0, 0.05) is 13.1 Å². The van der Waals surface area contributed by atoms with Gasteiger partial charge in [0.05, 0.1) is 0 Å². The molecule has 1 rings (SSSR count). The highest BCUT2D eigenvalue weighted by Crippen LogP contribution is 2.21. The molecule has 0 aliphatic rings. The molecule has 72 valence electrons. The third-order valence-electron chi connectivity index (χ3n) is 1.71. The largest absolute Gasteiger partial charge is 0.355 e. The summed E-state index contributed by atoms with van der Waals surface area (Å²) in [6.07, 6.45) is 0. The number of anilines is 1. The molecule has 0 aromatic carbocycles. The number of rotatable bonds is 2. The molecule has 0 saturated carbocycles. The summed E-state index contributed by atoms with van der Waals surface area (Å²) in [4.78, 5) is 5.86. The summed E-state index contributed by atoms with van der Waals surface area (Å²) < 4.78 is 0. The van der Waals surface area contributed by atoms with Gasteiger partial charge in [0.2, 0.25) is 5.28 Å². The molecule has 0 atom stereocenters. The van der Waals surface area contributed by atoms with Crippen molar-refractivity contribution in [3.63, 3.8) is 0 Å². The smallest absolute Gasteiger partial charge is 0.245 e. The van der Waals surface area contributed by atoms with Crippen LogP contribution in [0.4, 0.5) is 5.82 Å². The summed E-state index contributed by atoms with van der Waals surface area (Å²) in [5.74, 6) is 0.552. The Morgan fingerprint density at radius 1 is 1.23 bits per heavy atom. The average Bonchev–Trinajstić information content (AvgIpc) is 2.08. The molecule has 0 aliphatic heterocycles. The van der Waals surface area contributed by atoms with Crippen LogP contribution in [0.1, 0.15) is 13.8 Å². The van der Waals surface area contributed by atoms with Crippen molar-refractivity contribution in [2.45, 2.75) is 19.9 Å². The van der Waals surface area contributed by atoms with Gasteiger partial charge < -0.3 is 4.90 Å². The zero-order chi connectivity index (χ0) is 10.0. The molecule has 1 aromatic rings. The number of halogens is 2. The van der Waals surface area contributed by atoms with Crippen LogP contribution < -0.4 is 4.90 Å². The van der Waals surface area contributed by atoms with Crippen molar-refractivity contribution in [1.82, 2.24) is 15.2 Å². The Morgan fingerprint density at radius 2 is 1.85 bits per heavy atom. The average molecular weight is 221 g/mol. The van der Waals surface area contributed by atoms with Gasteiger partial charge in [0.15, 0.2) is 11.0 Å². The standard InChI is InChI=1S/C7H10Cl2N4/c1-4(2)13(3)6-5(8)11-12-7(9)10-6/h4H,1-3H3. The molecule has 1 aromatic heterocycles. The fraction of sp³-hybridized carbons (Fsp3) is 0.571. The summed E-state index contributed by atoms with van der Waals surface area (Å²) >= 11 is 11.4. The molecule has 6 heteroatoms. The maximum atomic E-state index is 5.80. The molecular formula is C7H10Cl2N4. The molecule has 0 saturated heterocycles. The zero-order valence-corrected chi connectivity index (χ0v) is 9.13. The Kier molecular flexibility index (Phi) is 3.27. The highest BCUT2D eigenvalue weighted by atomic mass is 35.5. The minimum atomic E-state index is 0.104. The van der Waals surface area contributed by atoms with Crippen LogP contribution in [-0.4, -0.2) is 28.3 Å². The monoisotopic (exact) mass is 220 g/mol. The highest BCUT2D eigenvalue weighted by molar-refractivity contribution is 6.32. The highest BCUT2D eigenvalue weighted by Gasteiger charge is 2.13. The van der Waals surface area contributed by atoms with Gasteiger partial charge in [-0.1, -0.05) is 11.6 Å². The number of hydrogen-bond donors (Lipinski definition) is 0. The molecular weight excluding hydrogens is 211 g/mol. The van der Waals surface area contributed by atoms with E-state index in [9.17, 15) is 0 Å². The van der Waals surface area contributed by atoms with E-state index in [4.69, 9.17) is 23.2 Å². The molecule has 13 heavy (non-hydrogen) atoms. The van der Waals surface area contributed by atoms with Crippen molar-refractivity contribution in [2.75, 3.05) is 11.9 Å². The van der Waals surface area contributed by atoms with E-state index in [1.165, 1.54) is 0 Å². The minimum Gasteiger partial charge on any atom is -0.355 e. The van der Waals surface area contributed by atoms with Crippen molar-refractivity contribution in [2.24, 2.45) is 0 Å². The molecule has 0 amide bonds. The Morgan fingerprint density at radius 3 is 2.38 bits per heavy atom. The minimum absolute atomic E-state index is 0.104. The van der Waals surface area contributed by atoms with Crippen LogP contribution in [0.5, 0.6) is 0 Å². The molecule has 4 nitrogen and oxygen atoms in total. The summed E-state index contributed by atoms with van der Waals surface area (Å²) in [6, 6.07) is 0.283. The van der Waals surface area contributed by atoms with Crippen LogP contribution in [0.3, 0.4) is 0 Å². The lowest BCUT2D eigenvalue weighted by atomic mass is 10.3. The molecule has 0 spiro atoms. The Balaban J connectivity index is 3.05. The fourth-order valence-electron chi connectivity index (χ4n) is 0.755. The lowest BCUT2D eigenvalue weighted by molar-refractivity contribution is 0.735. The van der Waals surface area contributed by atoms with Gasteiger partial charge >= 0.3 is 0 Å². The third-order valence-corrected chi connectivity index (χ3v) is 2.12. The third kappa shape index (κ3) is 2.42. The second-order valence-electron chi connectivity index (χ2n) is 2.90. The molecule has 1 heterocycles. The Bertz CT molecular complexity index is 303. The normalized spacial score (nSPS) is 10.6. The van der Waals surface area contributed by atoms with E-state index in [0.717, 1.165) is 0 Å². The van der Waals surface area contributed by atoms with Gasteiger partial charge in [0.25, 0.3) is 0 Å². The predicted octanol–water partition coefficient (Wildman–Crippen LogP) is 2.02. The number of aromatic nitrogens is 3. The van der Waals surface area contributed by atoms with Crippen molar-refractivity contribution in [1.29, 1.82) is 0 Å². The zero-order valence-electron chi connectivity index (χ0n) is 7.62. The lowest BCUT2D eigenvalue weighted by Crippen LogP contribution is -2.27. The van der Waals surface area contributed by atoms with Crippen LogP contribution in [0.2, 0.25) is 10.4 Å². The quantitative estimate of drug-likeness (QED) is 0.766. The van der Waals surface area contributed by atoms with Crippen LogP contribution in [0.15, 0.2) is 0 Å². The molecule has 0 fully saturated rings. The Hall–Kier alpha value is -0.610. The fourth-order valence-corrected chi connectivity index (χ4v) is 1.09. The van der Waals surface area contributed by atoms with Crippen molar-refractivity contribution < 1.29 is 0 Å². The first-order valence-corrected chi connectivity index (χ1v) is 4.56. The van der Waals surface area contributed by atoms with Crippen molar-refractivity contribution in [3.05, 3.63) is 10.4 Å². The second-order valence-corrected chi connectivity index (χ2v) is 3.60. The van der Waals surface area contributed by atoms with Crippen molar-refractivity contribution >= 4 is 29.0 Å². The maximum absolute atomic E-state index is 5.80. The molecule has 0 aliphatic carbocycles. The van der Waals surface area contributed by atoms with Gasteiger partial charge in [-0.25, -0.2) is 0 Å².